The highest BCUT2D eigenvalue weighted by molar-refractivity contribution is 5.85. The fourth-order valence-electron chi connectivity index (χ4n) is 1.85. The van der Waals surface area contributed by atoms with Gasteiger partial charge in [0.1, 0.15) is 6.07 Å². The lowest BCUT2D eigenvalue weighted by Crippen LogP contribution is -2.26. The molecule has 1 saturated heterocycles. The van der Waals surface area contributed by atoms with Gasteiger partial charge in [-0.3, -0.25) is 0 Å². The molecule has 1 heterocycles. The first-order valence-electron chi connectivity index (χ1n) is 4.81. The molecule has 0 aliphatic carbocycles. The number of halogens is 1. The molecule has 2 rings (SSSR count). The van der Waals surface area contributed by atoms with Crippen LogP contribution in [0.2, 0.25) is 0 Å². The average Bonchev–Trinajstić information content (AvgIpc) is 2.65. The lowest BCUT2D eigenvalue weighted by molar-refractivity contribution is 0.752. The number of hydrogen-bond donors (Lipinski definition) is 1. The smallest absolute Gasteiger partial charge is 0.101 e. The van der Waals surface area contributed by atoms with Gasteiger partial charge in [-0.05, 0) is 18.6 Å². The van der Waals surface area contributed by atoms with Gasteiger partial charge in [-0.1, -0.05) is 12.1 Å². The van der Waals surface area contributed by atoms with Crippen molar-refractivity contribution in [3.8, 4) is 6.07 Å². The minimum absolute atomic E-state index is 0. The lowest BCUT2D eigenvalue weighted by atomic mass is 10.2. The van der Waals surface area contributed by atoms with Crippen LogP contribution in [0, 0.1) is 11.3 Å². The number of nitrogens with two attached hydrogens (primary N) is 1. The summed E-state index contributed by atoms with van der Waals surface area (Å²) in [6.45, 7) is 1.82. The van der Waals surface area contributed by atoms with E-state index in [-0.39, 0.29) is 18.4 Å². The van der Waals surface area contributed by atoms with Crippen molar-refractivity contribution in [2.75, 3.05) is 18.0 Å². The Morgan fingerprint density at radius 1 is 1.40 bits per heavy atom. The third-order valence-electron chi connectivity index (χ3n) is 2.59. The van der Waals surface area contributed by atoms with E-state index < -0.39 is 0 Å². The van der Waals surface area contributed by atoms with Gasteiger partial charge in [0.05, 0.1) is 11.3 Å². The number of nitriles is 1. The Balaban J connectivity index is 0.00000112. The third kappa shape index (κ3) is 2.41. The van der Waals surface area contributed by atoms with E-state index in [1.807, 2.05) is 24.3 Å². The van der Waals surface area contributed by atoms with Crippen LogP contribution < -0.4 is 10.6 Å². The van der Waals surface area contributed by atoms with Crippen LogP contribution in [0.5, 0.6) is 0 Å². The minimum Gasteiger partial charge on any atom is -0.369 e. The number of anilines is 1. The maximum absolute atomic E-state index is 8.94. The molecule has 80 valence electrons. The second-order valence-electron chi connectivity index (χ2n) is 3.62. The molecule has 0 spiro atoms. The standard InChI is InChI=1S/C11H13N3.ClH/c12-7-9-3-1-2-4-11(9)14-6-5-10(13)8-14;/h1-4,10H,5-6,8,13H2;1H. The number of para-hydroxylation sites is 1. The topological polar surface area (TPSA) is 53.0 Å². The van der Waals surface area contributed by atoms with E-state index in [4.69, 9.17) is 11.0 Å². The molecule has 15 heavy (non-hydrogen) atoms. The summed E-state index contributed by atoms with van der Waals surface area (Å²) in [5.74, 6) is 0. The minimum atomic E-state index is 0. The van der Waals surface area contributed by atoms with Gasteiger partial charge in [0.25, 0.3) is 0 Å². The summed E-state index contributed by atoms with van der Waals surface area (Å²) in [7, 11) is 0. The van der Waals surface area contributed by atoms with E-state index in [2.05, 4.69) is 11.0 Å². The molecule has 1 aliphatic heterocycles. The fraction of sp³-hybridized carbons (Fsp3) is 0.364. The number of rotatable bonds is 1. The molecule has 1 aromatic carbocycles. The van der Waals surface area contributed by atoms with Crippen LogP contribution in [0.15, 0.2) is 24.3 Å². The van der Waals surface area contributed by atoms with Gasteiger partial charge in [-0.25, -0.2) is 0 Å². The molecule has 3 nitrogen and oxygen atoms in total. The molecule has 4 heteroatoms. The second kappa shape index (κ2) is 5.01. The van der Waals surface area contributed by atoms with Gasteiger partial charge in [-0.2, -0.15) is 5.26 Å². The quantitative estimate of drug-likeness (QED) is 0.786. The number of benzene rings is 1. The van der Waals surface area contributed by atoms with Crippen LogP contribution in [0.25, 0.3) is 0 Å². The highest BCUT2D eigenvalue weighted by Gasteiger charge is 2.20. The van der Waals surface area contributed by atoms with Crippen molar-refractivity contribution in [1.82, 2.24) is 0 Å². The van der Waals surface area contributed by atoms with Crippen molar-refractivity contribution < 1.29 is 0 Å². The number of nitrogens with zero attached hydrogens (tertiary/aromatic N) is 2. The Labute approximate surface area is 95.9 Å². The van der Waals surface area contributed by atoms with Crippen LogP contribution >= 0.6 is 12.4 Å². The van der Waals surface area contributed by atoms with E-state index in [9.17, 15) is 0 Å². The molecule has 0 saturated carbocycles. The third-order valence-corrected chi connectivity index (χ3v) is 2.59. The van der Waals surface area contributed by atoms with Gasteiger partial charge in [-0.15, -0.1) is 12.4 Å². The van der Waals surface area contributed by atoms with E-state index >= 15 is 0 Å². The zero-order valence-corrected chi connectivity index (χ0v) is 9.20. The summed E-state index contributed by atoms with van der Waals surface area (Å²) in [4.78, 5) is 2.18. The van der Waals surface area contributed by atoms with Crippen molar-refractivity contribution >= 4 is 18.1 Å². The van der Waals surface area contributed by atoms with Crippen LogP contribution in [0.3, 0.4) is 0 Å². The Morgan fingerprint density at radius 2 is 2.13 bits per heavy atom. The lowest BCUT2D eigenvalue weighted by Gasteiger charge is -2.18. The Bertz CT molecular complexity index is 372. The highest BCUT2D eigenvalue weighted by Crippen LogP contribution is 2.23. The summed E-state index contributed by atoms with van der Waals surface area (Å²) in [5.41, 5.74) is 7.58. The first kappa shape index (κ1) is 11.8. The first-order valence-corrected chi connectivity index (χ1v) is 4.81. The maximum Gasteiger partial charge on any atom is 0.101 e. The van der Waals surface area contributed by atoms with Crippen molar-refractivity contribution in [2.45, 2.75) is 12.5 Å². The summed E-state index contributed by atoms with van der Waals surface area (Å²) in [6.07, 6.45) is 1.01. The van der Waals surface area contributed by atoms with Gasteiger partial charge in [0, 0.05) is 19.1 Å². The molecule has 0 radical (unpaired) electrons. The van der Waals surface area contributed by atoms with Gasteiger partial charge in [0.2, 0.25) is 0 Å². The van der Waals surface area contributed by atoms with Crippen molar-refractivity contribution in [2.24, 2.45) is 5.73 Å². The zero-order chi connectivity index (χ0) is 9.97. The summed E-state index contributed by atoms with van der Waals surface area (Å²) < 4.78 is 0. The molecule has 0 bridgehead atoms. The summed E-state index contributed by atoms with van der Waals surface area (Å²) in [5, 5.41) is 8.94. The van der Waals surface area contributed by atoms with Crippen LogP contribution in [0.4, 0.5) is 5.69 Å². The van der Waals surface area contributed by atoms with Crippen LogP contribution in [0.1, 0.15) is 12.0 Å². The molecule has 1 atom stereocenters. The Hall–Kier alpha value is -1.24. The predicted octanol–water partition coefficient (Wildman–Crippen LogP) is 1.52. The van der Waals surface area contributed by atoms with Gasteiger partial charge < -0.3 is 10.6 Å². The molecule has 1 aromatic rings. The van der Waals surface area contributed by atoms with E-state index in [1.165, 1.54) is 0 Å². The molecule has 0 amide bonds. The summed E-state index contributed by atoms with van der Waals surface area (Å²) >= 11 is 0. The SMILES string of the molecule is Cl.N#Cc1ccccc1N1CCC(N)C1. The maximum atomic E-state index is 8.94. The van der Waals surface area contributed by atoms with Crippen molar-refractivity contribution in [3.05, 3.63) is 29.8 Å². The average molecular weight is 224 g/mol. The molecule has 0 aromatic heterocycles. The van der Waals surface area contributed by atoms with E-state index in [0.29, 0.717) is 0 Å². The Morgan fingerprint density at radius 3 is 2.73 bits per heavy atom. The highest BCUT2D eigenvalue weighted by atomic mass is 35.5. The molecular weight excluding hydrogens is 210 g/mol. The monoisotopic (exact) mass is 223 g/mol. The van der Waals surface area contributed by atoms with Crippen molar-refractivity contribution in [3.63, 3.8) is 0 Å². The number of hydrogen-bond acceptors (Lipinski definition) is 3. The fourth-order valence-corrected chi connectivity index (χ4v) is 1.85. The zero-order valence-electron chi connectivity index (χ0n) is 8.39. The van der Waals surface area contributed by atoms with Gasteiger partial charge in [0.15, 0.2) is 0 Å². The van der Waals surface area contributed by atoms with E-state index in [0.717, 1.165) is 30.8 Å². The largest absolute Gasteiger partial charge is 0.369 e. The van der Waals surface area contributed by atoms with Crippen LogP contribution in [-0.2, 0) is 0 Å². The molecule has 1 unspecified atom stereocenters. The molecule has 1 fully saturated rings. The second-order valence-corrected chi connectivity index (χ2v) is 3.62. The molecular formula is C11H14ClN3. The molecule has 2 N–H and O–H groups in total. The normalized spacial score (nSPS) is 19.5. The predicted molar refractivity (Wildman–Crippen MR) is 63.2 cm³/mol. The van der Waals surface area contributed by atoms with Gasteiger partial charge >= 0.3 is 0 Å². The van der Waals surface area contributed by atoms with Crippen molar-refractivity contribution in [1.29, 1.82) is 5.26 Å². The van der Waals surface area contributed by atoms with Crippen LogP contribution in [-0.4, -0.2) is 19.1 Å². The van der Waals surface area contributed by atoms with E-state index in [1.54, 1.807) is 0 Å². The summed E-state index contributed by atoms with van der Waals surface area (Å²) in [6, 6.07) is 10.1. The molecule has 1 aliphatic rings. The first-order chi connectivity index (χ1) is 6.81. The Kier molecular flexibility index (Phi) is 3.96.